The Hall–Kier alpha value is -0.610. The van der Waals surface area contributed by atoms with Gasteiger partial charge in [-0.1, -0.05) is 12.8 Å². The van der Waals surface area contributed by atoms with Gasteiger partial charge in [-0.15, -0.1) is 0 Å². The Bertz CT molecular complexity index is 200. The highest BCUT2D eigenvalue weighted by atomic mass is 16.5. The van der Waals surface area contributed by atoms with Gasteiger partial charge in [0.25, 0.3) is 0 Å². The summed E-state index contributed by atoms with van der Waals surface area (Å²) < 4.78 is 10.6. The van der Waals surface area contributed by atoms with Crippen LogP contribution in [0.4, 0.5) is 0 Å². The topological polar surface area (TPSA) is 47.6 Å². The van der Waals surface area contributed by atoms with Gasteiger partial charge in [0.15, 0.2) is 0 Å². The number of esters is 1. The van der Waals surface area contributed by atoms with Crippen LogP contribution in [0.15, 0.2) is 0 Å². The van der Waals surface area contributed by atoms with Gasteiger partial charge in [-0.3, -0.25) is 4.79 Å². The number of ether oxygens (including phenoxy) is 2. The molecule has 4 nitrogen and oxygen atoms in total. The molecule has 0 bridgehead atoms. The zero-order valence-corrected chi connectivity index (χ0v) is 10.3. The molecular formula is C12H23NO3. The Kier molecular flexibility index (Phi) is 6.42. The molecule has 0 radical (unpaired) electrons. The quantitative estimate of drug-likeness (QED) is 0.531. The van der Waals surface area contributed by atoms with Crippen molar-refractivity contribution in [2.45, 2.75) is 51.7 Å². The smallest absolute Gasteiger partial charge is 0.320 e. The fraction of sp³-hybridized carbons (Fsp3) is 0.917. The molecule has 1 aliphatic carbocycles. The normalized spacial score (nSPS) is 16.9. The number of nitrogens with one attached hydrogen (secondary N) is 1. The van der Waals surface area contributed by atoms with Gasteiger partial charge < -0.3 is 14.8 Å². The molecule has 0 atom stereocenters. The van der Waals surface area contributed by atoms with E-state index in [1.54, 1.807) is 0 Å². The van der Waals surface area contributed by atoms with Crippen molar-refractivity contribution in [3.63, 3.8) is 0 Å². The summed E-state index contributed by atoms with van der Waals surface area (Å²) in [4.78, 5) is 11.1. The summed E-state index contributed by atoms with van der Waals surface area (Å²) in [5, 5.41) is 3.01. The van der Waals surface area contributed by atoms with Crippen molar-refractivity contribution >= 4 is 5.97 Å². The Morgan fingerprint density at radius 3 is 2.69 bits per heavy atom. The van der Waals surface area contributed by atoms with Crippen LogP contribution in [0.3, 0.4) is 0 Å². The molecule has 1 rings (SSSR count). The van der Waals surface area contributed by atoms with Crippen molar-refractivity contribution in [1.29, 1.82) is 0 Å². The number of rotatable bonds is 7. The summed E-state index contributed by atoms with van der Waals surface area (Å²) in [7, 11) is 0. The van der Waals surface area contributed by atoms with Crippen LogP contribution in [0.5, 0.6) is 0 Å². The standard InChI is InChI=1S/C12H23NO3/c1-10(2)16-12(14)9-13-7-8-15-11-5-3-4-6-11/h10-11,13H,3-9H2,1-2H3. The van der Waals surface area contributed by atoms with Crippen molar-refractivity contribution in [2.24, 2.45) is 0 Å². The van der Waals surface area contributed by atoms with E-state index in [-0.39, 0.29) is 18.6 Å². The van der Waals surface area contributed by atoms with Crippen LogP contribution >= 0.6 is 0 Å². The zero-order valence-electron chi connectivity index (χ0n) is 10.3. The molecule has 0 heterocycles. The SMILES string of the molecule is CC(C)OC(=O)CNCCOC1CCCC1. The summed E-state index contributed by atoms with van der Waals surface area (Å²) in [6.45, 7) is 5.36. The minimum atomic E-state index is -0.198. The van der Waals surface area contributed by atoms with Gasteiger partial charge in [0.1, 0.15) is 0 Å². The molecule has 0 amide bonds. The molecule has 16 heavy (non-hydrogen) atoms. The van der Waals surface area contributed by atoms with E-state index in [0.717, 1.165) is 0 Å². The lowest BCUT2D eigenvalue weighted by Crippen LogP contribution is -2.30. The molecule has 0 unspecified atom stereocenters. The van der Waals surface area contributed by atoms with E-state index in [4.69, 9.17) is 9.47 Å². The number of carbonyl (C=O) groups excluding carboxylic acids is 1. The highest BCUT2D eigenvalue weighted by molar-refractivity contribution is 5.71. The van der Waals surface area contributed by atoms with Crippen molar-refractivity contribution < 1.29 is 14.3 Å². The third kappa shape index (κ3) is 6.08. The lowest BCUT2D eigenvalue weighted by atomic mass is 10.3. The van der Waals surface area contributed by atoms with E-state index < -0.39 is 0 Å². The Labute approximate surface area is 97.7 Å². The van der Waals surface area contributed by atoms with Crippen molar-refractivity contribution in [3.05, 3.63) is 0 Å². The van der Waals surface area contributed by atoms with Crippen LogP contribution in [0.2, 0.25) is 0 Å². The van der Waals surface area contributed by atoms with Crippen molar-refractivity contribution in [3.8, 4) is 0 Å². The van der Waals surface area contributed by atoms with E-state index in [1.165, 1.54) is 25.7 Å². The first-order valence-electron chi connectivity index (χ1n) is 6.20. The monoisotopic (exact) mass is 229 g/mol. The molecule has 0 aromatic rings. The van der Waals surface area contributed by atoms with E-state index in [9.17, 15) is 4.79 Å². The maximum atomic E-state index is 11.1. The first-order chi connectivity index (χ1) is 7.68. The molecule has 1 N–H and O–H groups in total. The third-order valence-electron chi connectivity index (χ3n) is 2.57. The molecule has 1 saturated carbocycles. The van der Waals surface area contributed by atoms with E-state index in [0.29, 0.717) is 19.3 Å². The second-order valence-electron chi connectivity index (χ2n) is 4.49. The molecular weight excluding hydrogens is 206 g/mol. The van der Waals surface area contributed by atoms with Crippen LogP contribution in [-0.2, 0) is 14.3 Å². The van der Waals surface area contributed by atoms with Crippen molar-refractivity contribution in [2.75, 3.05) is 19.7 Å². The fourth-order valence-corrected chi connectivity index (χ4v) is 1.85. The minimum absolute atomic E-state index is 0.0379. The van der Waals surface area contributed by atoms with Gasteiger partial charge >= 0.3 is 5.97 Å². The second-order valence-corrected chi connectivity index (χ2v) is 4.49. The molecule has 0 aromatic carbocycles. The lowest BCUT2D eigenvalue weighted by molar-refractivity contribution is -0.146. The van der Waals surface area contributed by atoms with Gasteiger partial charge in [-0.2, -0.15) is 0 Å². The number of hydrogen-bond acceptors (Lipinski definition) is 4. The predicted octanol–water partition coefficient (Wildman–Crippen LogP) is 1.49. The summed E-state index contributed by atoms with van der Waals surface area (Å²) in [6.07, 6.45) is 5.37. The summed E-state index contributed by atoms with van der Waals surface area (Å²) in [5.74, 6) is -0.198. The van der Waals surface area contributed by atoms with Crippen LogP contribution in [0, 0.1) is 0 Å². The lowest BCUT2D eigenvalue weighted by Gasteiger charge is -2.12. The highest BCUT2D eigenvalue weighted by Crippen LogP contribution is 2.20. The maximum absolute atomic E-state index is 11.1. The molecule has 0 aromatic heterocycles. The zero-order chi connectivity index (χ0) is 11.8. The molecule has 1 fully saturated rings. The van der Waals surface area contributed by atoms with E-state index >= 15 is 0 Å². The second kappa shape index (κ2) is 7.63. The average molecular weight is 229 g/mol. The van der Waals surface area contributed by atoms with E-state index in [1.807, 2.05) is 13.8 Å². The van der Waals surface area contributed by atoms with Gasteiger partial charge in [0.05, 0.1) is 25.4 Å². The minimum Gasteiger partial charge on any atom is -0.462 e. The predicted molar refractivity (Wildman–Crippen MR) is 62.3 cm³/mol. The first kappa shape index (κ1) is 13.5. The highest BCUT2D eigenvalue weighted by Gasteiger charge is 2.14. The molecule has 4 heteroatoms. The molecule has 0 spiro atoms. The van der Waals surface area contributed by atoms with Crippen LogP contribution < -0.4 is 5.32 Å². The summed E-state index contributed by atoms with van der Waals surface area (Å²) >= 11 is 0. The third-order valence-corrected chi connectivity index (χ3v) is 2.57. The molecule has 1 aliphatic rings. The first-order valence-corrected chi connectivity index (χ1v) is 6.20. The number of hydrogen-bond donors (Lipinski definition) is 1. The molecule has 94 valence electrons. The summed E-state index contributed by atoms with van der Waals surface area (Å²) in [6, 6.07) is 0. The Morgan fingerprint density at radius 2 is 2.06 bits per heavy atom. The van der Waals surface area contributed by atoms with Crippen LogP contribution in [0.1, 0.15) is 39.5 Å². The Morgan fingerprint density at radius 1 is 1.38 bits per heavy atom. The van der Waals surface area contributed by atoms with Gasteiger partial charge in [-0.25, -0.2) is 0 Å². The van der Waals surface area contributed by atoms with Crippen LogP contribution in [-0.4, -0.2) is 37.9 Å². The van der Waals surface area contributed by atoms with Gasteiger partial charge in [0.2, 0.25) is 0 Å². The van der Waals surface area contributed by atoms with Crippen molar-refractivity contribution in [1.82, 2.24) is 5.32 Å². The van der Waals surface area contributed by atoms with E-state index in [2.05, 4.69) is 5.32 Å². The average Bonchev–Trinajstić information content (AvgIpc) is 2.68. The van der Waals surface area contributed by atoms with Gasteiger partial charge in [0, 0.05) is 6.54 Å². The van der Waals surface area contributed by atoms with Gasteiger partial charge in [-0.05, 0) is 26.7 Å². The Balaban J connectivity index is 1.89. The molecule has 0 aliphatic heterocycles. The summed E-state index contributed by atoms with van der Waals surface area (Å²) in [5.41, 5.74) is 0. The fourth-order valence-electron chi connectivity index (χ4n) is 1.85. The largest absolute Gasteiger partial charge is 0.462 e. The number of carbonyl (C=O) groups is 1. The van der Waals surface area contributed by atoms with Crippen LogP contribution in [0.25, 0.3) is 0 Å². The maximum Gasteiger partial charge on any atom is 0.320 e. The molecule has 0 saturated heterocycles.